The van der Waals surface area contributed by atoms with Crippen molar-refractivity contribution in [2.24, 2.45) is 0 Å². The summed E-state index contributed by atoms with van der Waals surface area (Å²) in [6, 6.07) is 12.6. The molecule has 2 heterocycles. The van der Waals surface area contributed by atoms with E-state index in [0.29, 0.717) is 41.7 Å². The Hall–Kier alpha value is -2.56. The SMILES string of the molecule is O=C(Nc1ccc(NS(=O)(=O)c2ccc3c(c2)OCCO3)cc1)c1csc(Br)c1. The normalized spacial score (nSPS) is 13.0. The monoisotopic (exact) mass is 494 g/mol. The molecule has 0 radical (unpaired) electrons. The molecule has 1 aromatic heterocycles. The second kappa shape index (κ2) is 8.05. The molecular formula is C19H15BrN2O5S2. The molecule has 0 saturated heterocycles. The van der Waals surface area contributed by atoms with Crippen molar-refractivity contribution in [1.29, 1.82) is 0 Å². The molecular weight excluding hydrogens is 480 g/mol. The molecule has 4 rings (SSSR count). The number of amides is 1. The molecule has 29 heavy (non-hydrogen) atoms. The highest BCUT2D eigenvalue weighted by Gasteiger charge is 2.19. The fourth-order valence-electron chi connectivity index (χ4n) is 2.66. The number of carbonyl (C=O) groups excluding carboxylic acids is 1. The quantitative estimate of drug-likeness (QED) is 0.550. The fraction of sp³-hybridized carbons (Fsp3) is 0.105. The Morgan fingerprint density at radius 1 is 0.966 bits per heavy atom. The maximum atomic E-state index is 12.7. The van der Waals surface area contributed by atoms with Gasteiger partial charge in [-0.1, -0.05) is 0 Å². The molecule has 0 saturated carbocycles. The number of thiophene rings is 1. The van der Waals surface area contributed by atoms with Gasteiger partial charge in [0.05, 0.1) is 14.2 Å². The first-order valence-corrected chi connectivity index (χ1v) is 11.6. The molecule has 150 valence electrons. The molecule has 3 aromatic rings. The summed E-state index contributed by atoms with van der Waals surface area (Å²) in [6.07, 6.45) is 0. The van der Waals surface area contributed by atoms with Crippen LogP contribution < -0.4 is 19.5 Å². The van der Waals surface area contributed by atoms with Crippen molar-refractivity contribution in [2.45, 2.75) is 4.90 Å². The molecule has 1 amide bonds. The van der Waals surface area contributed by atoms with Crippen molar-refractivity contribution in [3.05, 3.63) is 63.3 Å². The Morgan fingerprint density at radius 2 is 1.66 bits per heavy atom. The summed E-state index contributed by atoms with van der Waals surface area (Å²) in [4.78, 5) is 12.3. The van der Waals surface area contributed by atoms with Gasteiger partial charge in [0.1, 0.15) is 13.2 Å². The van der Waals surface area contributed by atoms with Crippen molar-refractivity contribution in [2.75, 3.05) is 23.3 Å². The van der Waals surface area contributed by atoms with Crippen LogP contribution in [0, 0.1) is 0 Å². The van der Waals surface area contributed by atoms with E-state index in [0.717, 1.165) is 3.79 Å². The summed E-state index contributed by atoms with van der Waals surface area (Å²) in [5.41, 5.74) is 1.47. The third kappa shape index (κ3) is 4.55. The summed E-state index contributed by atoms with van der Waals surface area (Å²) >= 11 is 4.74. The molecule has 2 N–H and O–H groups in total. The molecule has 2 aromatic carbocycles. The first-order chi connectivity index (χ1) is 13.9. The summed E-state index contributed by atoms with van der Waals surface area (Å²) in [5.74, 6) is 0.682. The third-order valence-corrected chi connectivity index (χ3v) is 6.93. The van der Waals surface area contributed by atoms with Crippen LogP contribution in [0.2, 0.25) is 0 Å². The first kappa shape index (κ1) is 19.7. The van der Waals surface area contributed by atoms with E-state index < -0.39 is 10.0 Å². The molecule has 0 spiro atoms. The first-order valence-electron chi connectivity index (χ1n) is 8.49. The third-order valence-electron chi connectivity index (χ3n) is 4.05. The average molecular weight is 495 g/mol. The van der Waals surface area contributed by atoms with Crippen molar-refractivity contribution < 1.29 is 22.7 Å². The van der Waals surface area contributed by atoms with Crippen molar-refractivity contribution in [3.8, 4) is 11.5 Å². The number of hydrogen-bond donors (Lipinski definition) is 2. The molecule has 1 aliphatic rings. The lowest BCUT2D eigenvalue weighted by Gasteiger charge is -2.19. The number of hydrogen-bond acceptors (Lipinski definition) is 6. The minimum atomic E-state index is -3.80. The smallest absolute Gasteiger partial charge is 0.262 e. The molecule has 0 unspecified atom stereocenters. The zero-order chi connectivity index (χ0) is 20.4. The minimum absolute atomic E-state index is 0.0714. The van der Waals surface area contributed by atoms with Gasteiger partial charge in [-0.25, -0.2) is 8.42 Å². The van der Waals surface area contributed by atoms with Crippen LogP contribution in [0.15, 0.2) is 62.6 Å². The highest BCUT2D eigenvalue weighted by atomic mass is 79.9. The van der Waals surface area contributed by atoms with Crippen molar-refractivity contribution in [3.63, 3.8) is 0 Å². The lowest BCUT2D eigenvalue weighted by atomic mass is 10.2. The van der Waals surface area contributed by atoms with E-state index in [1.54, 1.807) is 41.8 Å². The molecule has 0 atom stereocenters. The summed E-state index contributed by atoms with van der Waals surface area (Å²) in [5, 5.41) is 4.51. The predicted octanol–water partition coefficient (Wildman–Crippen LogP) is 4.33. The fourth-order valence-corrected chi connectivity index (χ4v) is 4.87. The number of benzene rings is 2. The van der Waals surface area contributed by atoms with Gasteiger partial charge in [0, 0.05) is 22.8 Å². The summed E-state index contributed by atoms with van der Waals surface area (Å²) in [7, 11) is -3.80. The van der Waals surface area contributed by atoms with Crippen molar-refractivity contribution >= 4 is 54.6 Å². The minimum Gasteiger partial charge on any atom is -0.486 e. The van der Waals surface area contributed by atoms with Gasteiger partial charge in [-0.15, -0.1) is 11.3 Å². The summed E-state index contributed by atoms with van der Waals surface area (Å²) < 4.78 is 39.5. The zero-order valence-electron chi connectivity index (χ0n) is 14.8. The Bertz CT molecular complexity index is 1160. The number of nitrogens with one attached hydrogen (secondary N) is 2. The summed E-state index contributed by atoms with van der Waals surface area (Å²) in [6.45, 7) is 0.809. The molecule has 1 aliphatic heterocycles. The van der Waals surface area contributed by atoms with Crippen LogP contribution in [0.25, 0.3) is 0 Å². The van der Waals surface area contributed by atoms with Crippen molar-refractivity contribution in [1.82, 2.24) is 0 Å². The number of fused-ring (bicyclic) bond motifs is 1. The maximum absolute atomic E-state index is 12.7. The van der Waals surface area contributed by atoms with E-state index >= 15 is 0 Å². The molecule has 0 bridgehead atoms. The van der Waals surface area contributed by atoms with E-state index in [2.05, 4.69) is 26.0 Å². The highest BCUT2D eigenvalue weighted by molar-refractivity contribution is 9.11. The van der Waals surface area contributed by atoms with Crippen LogP contribution in [-0.2, 0) is 10.0 Å². The number of anilines is 2. The van der Waals surface area contributed by atoms with Gasteiger partial charge < -0.3 is 14.8 Å². The van der Waals surface area contributed by atoms with Gasteiger partial charge in [0.15, 0.2) is 11.5 Å². The predicted molar refractivity (Wildman–Crippen MR) is 115 cm³/mol. The molecule has 10 heteroatoms. The van der Waals surface area contributed by atoms with Gasteiger partial charge in [-0.2, -0.15) is 0 Å². The van der Waals surface area contributed by atoms with E-state index in [4.69, 9.17) is 9.47 Å². The Morgan fingerprint density at radius 3 is 2.34 bits per heavy atom. The van der Waals surface area contributed by atoms with Gasteiger partial charge in [0.25, 0.3) is 15.9 Å². The van der Waals surface area contributed by atoms with Gasteiger partial charge in [0.2, 0.25) is 0 Å². The average Bonchev–Trinajstić information content (AvgIpc) is 3.15. The lowest BCUT2D eigenvalue weighted by Crippen LogP contribution is -2.17. The number of ether oxygens (including phenoxy) is 2. The van der Waals surface area contributed by atoms with Crippen LogP contribution in [0.5, 0.6) is 11.5 Å². The Balaban J connectivity index is 1.46. The van der Waals surface area contributed by atoms with Crippen LogP contribution in [-0.4, -0.2) is 27.5 Å². The molecule has 7 nitrogen and oxygen atoms in total. The number of sulfonamides is 1. The van der Waals surface area contributed by atoms with Gasteiger partial charge in [-0.3, -0.25) is 9.52 Å². The van der Waals surface area contributed by atoms with Crippen LogP contribution >= 0.6 is 27.3 Å². The Kier molecular flexibility index (Phi) is 5.48. The largest absolute Gasteiger partial charge is 0.486 e. The van der Waals surface area contributed by atoms with E-state index in [9.17, 15) is 13.2 Å². The van der Waals surface area contributed by atoms with Gasteiger partial charge >= 0.3 is 0 Å². The van der Waals surface area contributed by atoms with Crippen LogP contribution in [0.3, 0.4) is 0 Å². The van der Waals surface area contributed by atoms with E-state index in [1.165, 1.54) is 23.5 Å². The molecule has 0 aliphatic carbocycles. The number of rotatable bonds is 5. The standard InChI is InChI=1S/C19H15BrN2O5S2/c20-18-9-12(11-28-18)19(23)21-13-1-3-14(4-2-13)22-29(24,25)15-5-6-16-17(10-15)27-8-7-26-16/h1-6,9-11,22H,7-8H2,(H,21,23). The number of carbonyl (C=O) groups is 1. The lowest BCUT2D eigenvalue weighted by molar-refractivity contribution is 0.102. The highest BCUT2D eigenvalue weighted by Crippen LogP contribution is 2.32. The van der Waals surface area contributed by atoms with Gasteiger partial charge in [-0.05, 0) is 58.4 Å². The molecule has 0 fully saturated rings. The van der Waals surface area contributed by atoms with Crippen LogP contribution in [0.4, 0.5) is 11.4 Å². The zero-order valence-corrected chi connectivity index (χ0v) is 18.1. The topological polar surface area (TPSA) is 93.7 Å². The second-order valence-corrected chi connectivity index (χ2v) is 10.1. The maximum Gasteiger partial charge on any atom is 0.262 e. The number of halogens is 1. The second-order valence-electron chi connectivity index (χ2n) is 6.08. The van der Waals surface area contributed by atoms with E-state index in [1.807, 2.05) is 0 Å². The van der Waals surface area contributed by atoms with E-state index in [-0.39, 0.29) is 10.8 Å². The van der Waals surface area contributed by atoms with Crippen LogP contribution in [0.1, 0.15) is 10.4 Å². The Labute approximate surface area is 179 Å².